The summed E-state index contributed by atoms with van der Waals surface area (Å²) in [6.45, 7) is 8.20. The van der Waals surface area contributed by atoms with Crippen LogP contribution in [0.5, 0.6) is 0 Å². The summed E-state index contributed by atoms with van der Waals surface area (Å²) in [5.74, 6) is -5.29. The quantitative estimate of drug-likeness (QED) is 0.240. The van der Waals surface area contributed by atoms with E-state index in [0.29, 0.717) is 5.56 Å². The minimum absolute atomic E-state index is 0.471. The monoisotopic (exact) mass is 632 g/mol. The van der Waals surface area contributed by atoms with Gasteiger partial charge in [0, 0.05) is 40.2 Å². The van der Waals surface area contributed by atoms with Crippen LogP contribution in [0, 0.1) is 11.3 Å². The van der Waals surface area contributed by atoms with Gasteiger partial charge in [-0.3, -0.25) is 19.2 Å². The lowest BCUT2D eigenvalue weighted by Crippen LogP contribution is -2.85. The number of aliphatic hydroxyl groups excluding tert-OH is 1. The second-order valence-electron chi connectivity index (χ2n) is 12.6. The van der Waals surface area contributed by atoms with Crippen molar-refractivity contribution in [1.82, 2.24) is 0 Å². The van der Waals surface area contributed by atoms with Crippen LogP contribution in [0.3, 0.4) is 0 Å². The number of ether oxygens (including phenoxy) is 6. The van der Waals surface area contributed by atoms with Crippen LogP contribution < -0.4 is 0 Å². The van der Waals surface area contributed by atoms with Gasteiger partial charge in [0.2, 0.25) is 0 Å². The van der Waals surface area contributed by atoms with E-state index in [2.05, 4.69) is 0 Å². The molecule has 1 aromatic rings. The molecule has 3 aliphatic rings. The summed E-state index contributed by atoms with van der Waals surface area (Å²) in [5, 5.41) is 23.9. The van der Waals surface area contributed by atoms with Gasteiger partial charge in [-0.15, -0.1) is 0 Å². The molecule has 3 fully saturated rings. The number of carbonyl (C=O) groups is 5. The lowest BCUT2D eigenvalue weighted by atomic mass is 9.45. The molecular weight excluding hydrogens is 592 g/mol. The lowest BCUT2D eigenvalue weighted by molar-refractivity contribution is -0.364. The van der Waals surface area contributed by atoms with Crippen molar-refractivity contribution in [3.8, 4) is 0 Å². The predicted octanol–water partition coefficient (Wildman–Crippen LogP) is 1.65. The largest absolute Gasteiger partial charge is 0.465 e. The Balaban J connectivity index is 2.04. The van der Waals surface area contributed by atoms with Crippen LogP contribution >= 0.6 is 0 Å². The summed E-state index contributed by atoms with van der Waals surface area (Å²) < 4.78 is 35.7. The van der Waals surface area contributed by atoms with Gasteiger partial charge in [-0.25, -0.2) is 4.79 Å². The molecule has 0 amide bonds. The lowest BCUT2D eigenvalue weighted by Gasteiger charge is -2.66. The maximum Gasteiger partial charge on any atom is 0.331 e. The second-order valence-corrected chi connectivity index (χ2v) is 12.6. The van der Waals surface area contributed by atoms with Gasteiger partial charge in [0.25, 0.3) is 0 Å². The van der Waals surface area contributed by atoms with Gasteiger partial charge in [0.15, 0.2) is 11.7 Å². The maximum atomic E-state index is 13.4. The Hall–Kier alpha value is -3.81. The van der Waals surface area contributed by atoms with Crippen LogP contribution in [0.1, 0.15) is 60.5 Å². The molecule has 1 aromatic carbocycles. The van der Waals surface area contributed by atoms with E-state index in [1.165, 1.54) is 13.0 Å². The Morgan fingerprint density at radius 2 is 1.42 bits per heavy atom. The van der Waals surface area contributed by atoms with Crippen molar-refractivity contribution in [2.24, 2.45) is 11.3 Å². The molecule has 45 heavy (non-hydrogen) atoms. The molecule has 0 aromatic heterocycles. The molecule has 13 heteroatoms. The molecule has 9 atom stereocenters. The molecule has 2 saturated carbocycles. The average molecular weight is 633 g/mol. The highest BCUT2D eigenvalue weighted by molar-refractivity contribution is 5.87. The van der Waals surface area contributed by atoms with E-state index in [9.17, 15) is 34.2 Å². The van der Waals surface area contributed by atoms with E-state index in [1.807, 2.05) is 0 Å². The average Bonchev–Trinajstić information content (AvgIpc) is 3.11. The molecule has 2 N–H and O–H groups in total. The van der Waals surface area contributed by atoms with E-state index in [1.54, 1.807) is 44.2 Å². The van der Waals surface area contributed by atoms with Crippen molar-refractivity contribution in [2.45, 2.75) is 102 Å². The van der Waals surface area contributed by atoms with Crippen molar-refractivity contribution in [1.29, 1.82) is 0 Å². The third kappa shape index (κ3) is 5.84. The molecular formula is C32H40O13. The van der Waals surface area contributed by atoms with Crippen molar-refractivity contribution in [2.75, 3.05) is 6.61 Å². The maximum absolute atomic E-state index is 13.4. The van der Waals surface area contributed by atoms with Gasteiger partial charge in [-0.2, -0.15) is 0 Å². The van der Waals surface area contributed by atoms with Crippen LogP contribution in [0.4, 0.5) is 0 Å². The van der Waals surface area contributed by atoms with Crippen molar-refractivity contribution in [3.05, 3.63) is 42.0 Å². The van der Waals surface area contributed by atoms with Gasteiger partial charge in [0.05, 0.1) is 23.2 Å². The van der Waals surface area contributed by atoms with Gasteiger partial charge < -0.3 is 38.6 Å². The van der Waals surface area contributed by atoms with Gasteiger partial charge in [-0.05, 0) is 32.4 Å². The van der Waals surface area contributed by atoms with E-state index >= 15 is 0 Å². The van der Waals surface area contributed by atoms with Crippen molar-refractivity contribution < 1.29 is 62.6 Å². The summed E-state index contributed by atoms with van der Waals surface area (Å²) in [5.41, 5.74) is -7.20. The van der Waals surface area contributed by atoms with E-state index < -0.39 is 102 Å². The Bertz CT molecular complexity index is 1370. The fraction of sp³-hybridized carbons (Fsp3) is 0.594. The standard InChI is InChI=1S/C32H40O13/c1-17(33)40-16-31-26(44-23(38)14-13-21-11-9-8-10-12-21)22(37)15-30(7,39)32(31)27(42-19(3)35)24(29(5,6)45-32)25(41-18(2)34)28(31)43-20(4)36/h8-14,22,24-28,37,39H,15-16H2,1-7H3. The number of esters is 5. The van der Waals surface area contributed by atoms with Crippen LogP contribution in [0.25, 0.3) is 6.08 Å². The van der Waals surface area contributed by atoms with Gasteiger partial charge in [0.1, 0.15) is 30.3 Å². The Morgan fingerprint density at radius 1 is 0.844 bits per heavy atom. The normalized spacial score (nSPS) is 36.4. The number of aliphatic hydroxyl groups is 2. The highest BCUT2D eigenvalue weighted by Gasteiger charge is 2.88. The molecule has 4 rings (SSSR count). The molecule has 13 nitrogen and oxygen atoms in total. The predicted molar refractivity (Wildman–Crippen MR) is 154 cm³/mol. The Morgan fingerprint density at radius 3 is 1.98 bits per heavy atom. The second kappa shape index (κ2) is 12.2. The topological polar surface area (TPSA) is 181 Å². The van der Waals surface area contributed by atoms with E-state index in [-0.39, 0.29) is 0 Å². The summed E-state index contributed by atoms with van der Waals surface area (Å²) in [6.07, 6.45) is -5.86. The van der Waals surface area contributed by atoms with Gasteiger partial charge >= 0.3 is 29.8 Å². The first-order valence-corrected chi connectivity index (χ1v) is 14.6. The van der Waals surface area contributed by atoms with Crippen LogP contribution in [-0.2, 0) is 52.4 Å². The third-order valence-corrected chi connectivity index (χ3v) is 8.93. The Kier molecular flexibility index (Phi) is 9.22. The van der Waals surface area contributed by atoms with E-state index in [0.717, 1.165) is 33.8 Å². The Labute approximate surface area is 260 Å². The fourth-order valence-corrected chi connectivity index (χ4v) is 7.66. The summed E-state index contributed by atoms with van der Waals surface area (Å²) in [7, 11) is 0. The first-order valence-electron chi connectivity index (χ1n) is 14.6. The first kappa shape index (κ1) is 34.1. The molecule has 1 heterocycles. The van der Waals surface area contributed by atoms with Gasteiger partial charge in [-0.1, -0.05) is 30.3 Å². The molecule has 9 unspecified atom stereocenters. The highest BCUT2D eigenvalue weighted by atomic mass is 16.6. The van der Waals surface area contributed by atoms with Crippen LogP contribution in [-0.4, -0.2) is 94.0 Å². The summed E-state index contributed by atoms with van der Waals surface area (Å²) in [4.78, 5) is 63.7. The van der Waals surface area contributed by atoms with E-state index in [4.69, 9.17) is 28.4 Å². The first-order chi connectivity index (χ1) is 20.9. The molecule has 1 spiro atoms. The smallest absolute Gasteiger partial charge is 0.331 e. The van der Waals surface area contributed by atoms with Crippen LogP contribution in [0.2, 0.25) is 0 Å². The number of fused-ring (bicyclic) bond motifs is 1. The number of carbonyl (C=O) groups excluding carboxylic acids is 5. The van der Waals surface area contributed by atoms with Crippen LogP contribution in [0.15, 0.2) is 36.4 Å². The number of hydrogen-bond donors (Lipinski definition) is 2. The number of rotatable bonds is 8. The molecule has 0 radical (unpaired) electrons. The molecule has 2 aliphatic carbocycles. The molecule has 1 saturated heterocycles. The minimum Gasteiger partial charge on any atom is -0.465 e. The number of hydrogen-bond acceptors (Lipinski definition) is 13. The van der Waals surface area contributed by atoms with Crippen molar-refractivity contribution >= 4 is 35.9 Å². The zero-order valence-corrected chi connectivity index (χ0v) is 26.3. The SMILES string of the molecule is CC(=O)OCC12C(OC(=O)C=Cc3ccccc3)C(O)CC(C)(O)C13OC(C)(C)C(C(OC(C)=O)C2OC(C)=O)C3OC(C)=O. The third-order valence-electron chi connectivity index (χ3n) is 8.93. The molecule has 2 bridgehead atoms. The summed E-state index contributed by atoms with van der Waals surface area (Å²) >= 11 is 0. The highest BCUT2D eigenvalue weighted by Crippen LogP contribution is 2.69. The minimum atomic E-state index is -2.22. The fourth-order valence-electron chi connectivity index (χ4n) is 7.66. The molecule has 1 aliphatic heterocycles. The zero-order valence-electron chi connectivity index (χ0n) is 26.3. The zero-order chi connectivity index (χ0) is 33.5. The van der Waals surface area contributed by atoms with Crippen molar-refractivity contribution in [3.63, 3.8) is 0 Å². The summed E-state index contributed by atoms with van der Waals surface area (Å²) in [6, 6.07) is 8.82. The number of benzene rings is 1. The molecule has 246 valence electrons.